The Bertz CT molecular complexity index is 436. The highest BCUT2D eigenvalue weighted by molar-refractivity contribution is 7.08. The second-order valence-corrected chi connectivity index (χ2v) is 6.26. The topological polar surface area (TPSA) is 69.6 Å². The van der Waals surface area contributed by atoms with Gasteiger partial charge in [-0.1, -0.05) is 0 Å². The molecule has 0 radical (unpaired) electrons. The molecule has 1 fully saturated rings. The molecule has 0 amide bonds. The van der Waals surface area contributed by atoms with E-state index in [1.54, 1.807) is 11.3 Å². The van der Waals surface area contributed by atoms with Gasteiger partial charge in [-0.15, -0.1) is 0 Å². The van der Waals surface area contributed by atoms with E-state index in [4.69, 9.17) is 5.11 Å². The van der Waals surface area contributed by atoms with Gasteiger partial charge < -0.3 is 15.5 Å². The van der Waals surface area contributed by atoms with Crippen molar-refractivity contribution in [3.05, 3.63) is 21.9 Å². The molecule has 1 aliphatic rings. The molecule has 2 rings (SSSR count). The number of hydrogen-bond donors (Lipinski definition) is 3. The van der Waals surface area contributed by atoms with Crippen LogP contribution in [0.2, 0.25) is 0 Å². The van der Waals surface area contributed by atoms with E-state index in [1.807, 2.05) is 0 Å². The monoisotopic (exact) mass is 283 g/mol. The van der Waals surface area contributed by atoms with Gasteiger partial charge in [-0.2, -0.15) is 11.3 Å². The molecule has 1 aromatic heterocycles. The lowest BCUT2D eigenvalue weighted by atomic mass is 9.79. The standard InChI is InChI=1S/C14H21NO3S/c1-10-7-19-8-12(10)6-15-9-14(18)4-2-11(3-5-14)13(16)17/h7-8,11,15,18H,2-6,9H2,1H3,(H,16,17). The van der Waals surface area contributed by atoms with Crippen LogP contribution in [0.3, 0.4) is 0 Å². The molecule has 0 aromatic carbocycles. The SMILES string of the molecule is Cc1cscc1CNCC1(O)CCC(C(=O)O)CC1. The minimum absolute atomic E-state index is 0.278. The molecule has 0 saturated heterocycles. The lowest BCUT2D eigenvalue weighted by molar-refractivity contribution is -0.144. The Morgan fingerprint density at radius 3 is 2.68 bits per heavy atom. The van der Waals surface area contributed by atoms with E-state index in [2.05, 4.69) is 23.0 Å². The highest BCUT2D eigenvalue weighted by atomic mass is 32.1. The number of rotatable bonds is 5. The predicted octanol–water partition coefficient (Wildman–Crippen LogP) is 2.15. The number of nitrogens with one attached hydrogen (secondary N) is 1. The maximum atomic E-state index is 10.9. The molecule has 5 heteroatoms. The number of hydrogen-bond acceptors (Lipinski definition) is 4. The van der Waals surface area contributed by atoms with Gasteiger partial charge in [-0.3, -0.25) is 4.79 Å². The van der Waals surface area contributed by atoms with E-state index < -0.39 is 11.6 Å². The number of aliphatic hydroxyl groups is 1. The van der Waals surface area contributed by atoms with Crippen LogP contribution in [-0.4, -0.2) is 28.3 Å². The summed E-state index contributed by atoms with van der Waals surface area (Å²) < 4.78 is 0. The van der Waals surface area contributed by atoms with Crippen LogP contribution in [0.5, 0.6) is 0 Å². The van der Waals surface area contributed by atoms with Crippen LogP contribution in [0.4, 0.5) is 0 Å². The van der Waals surface area contributed by atoms with Crippen LogP contribution in [0.15, 0.2) is 10.8 Å². The number of aryl methyl sites for hydroxylation is 1. The molecule has 0 atom stereocenters. The molecule has 1 saturated carbocycles. The van der Waals surface area contributed by atoms with Gasteiger partial charge >= 0.3 is 5.97 Å². The summed E-state index contributed by atoms with van der Waals surface area (Å²) in [5.74, 6) is -1.01. The number of carboxylic acid groups (broad SMARTS) is 1. The van der Waals surface area contributed by atoms with Gasteiger partial charge in [-0.25, -0.2) is 0 Å². The van der Waals surface area contributed by atoms with Crippen LogP contribution in [0.1, 0.15) is 36.8 Å². The maximum Gasteiger partial charge on any atom is 0.306 e. The molecule has 1 heterocycles. The number of thiophene rings is 1. The third kappa shape index (κ3) is 3.78. The first-order valence-corrected chi connectivity index (χ1v) is 7.62. The van der Waals surface area contributed by atoms with E-state index in [-0.39, 0.29) is 5.92 Å². The van der Waals surface area contributed by atoms with Gasteiger partial charge in [0.05, 0.1) is 11.5 Å². The Hall–Kier alpha value is -0.910. The van der Waals surface area contributed by atoms with Crippen molar-refractivity contribution in [2.24, 2.45) is 5.92 Å². The lowest BCUT2D eigenvalue weighted by Gasteiger charge is -2.34. The lowest BCUT2D eigenvalue weighted by Crippen LogP contribution is -2.44. The first-order chi connectivity index (χ1) is 9.00. The predicted molar refractivity (Wildman–Crippen MR) is 75.3 cm³/mol. The molecule has 19 heavy (non-hydrogen) atoms. The zero-order chi connectivity index (χ0) is 13.9. The summed E-state index contributed by atoms with van der Waals surface area (Å²) in [6.45, 7) is 3.38. The van der Waals surface area contributed by atoms with Crippen molar-refractivity contribution in [1.29, 1.82) is 0 Å². The minimum Gasteiger partial charge on any atom is -0.481 e. The summed E-state index contributed by atoms with van der Waals surface area (Å²) in [4.78, 5) is 10.9. The van der Waals surface area contributed by atoms with Gasteiger partial charge in [0.2, 0.25) is 0 Å². The van der Waals surface area contributed by atoms with Crippen molar-refractivity contribution in [3.8, 4) is 0 Å². The fourth-order valence-electron chi connectivity index (χ4n) is 2.58. The molecule has 0 unspecified atom stereocenters. The molecule has 4 nitrogen and oxygen atoms in total. The normalized spacial score (nSPS) is 27.4. The Balaban J connectivity index is 1.77. The van der Waals surface area contributed by atoms with E-state index in [9.17, 15) is 9.90 Å². The van der Waals surface area contributed by atoms with Crippen molar-refractivity contribution in [2.45, 2.75) is 44.8 Å². The van der Waals surface area contributed by atoms with Gasteiger partial charge in [-0.05, 0) is 54.5 Å². The fourth-order valence-corrected chi connectivity index (χ4v) is 3.43. The van der Waals surface area contributed by atoms with Crippen molar-refractivity contribution < 1.29 is 15.0 Å². The minimum atomic E-state index is -0.740. The van der Waals surface area contributed by atoms with Crippen LogP contribution < -0.4 is 5.32 Å². The van der Waals surface area contributed by atoms with Gasteiger partial charge in [0, 0.05) is 13.1 Å². The Labute approximate surface area is 117 Å². The van der Waals surface area contributed by atoms with Crippen LogP contribution in [-0.2, 0) is 11.3 Å². The van der Waals surface area contributed by atoms with Crippen LogP contribution in [0.25, 0.3) is 0 Å². The smallest absolute Gasteiger partial charge is 0.306 e. The zero-order valence-electron chi connectivity index (χ0n) is 11.2. The molecule has 0 aliphatic heterocycles. The summed E-state index contributed by atoms with van der Waals surface area (Å²) in [5.41, 5.74) is 1.81. The largest absolute Gasteiger partial charge is 0.481 e. The van der Waals surface area contributed by atoms with E-state index in [1.165, 1.54) is 11.1 Å². The summed E-state index contributed by atoms with van der Waals surface area (Å²) in [6, 6.07) is 0. The summed E-state index contributed by atoms with van der Waals surface area (Å²) in [5, 5.41) is 26.9. The summed E-state index contributed by atoms with van der Waals surface area (Å²) in [6.07, 6.45) is 2.29. The molecule has 3 N–H and O–H groups in total. The molecular formula is C14H21NO3S. The van der Waals surface area contributed by atoms with Crippen LogP contribution >= 0.6 is 11.3 Å². The third-order valence-electron chi connectivity index (χ3n) is 4.00. The van der Waals surface area contributed by atoms with Crippen molar-refractivity contribution in [3.63, 3.8) is 0 Å². The van der Waals surface area contributed by atoms with Crippen molar-refractivity contribution in [2.75, 3.05) is 6.54 Å². The second-order valence-electron chi connectivity index (χ2n) is 5.52. The molecule has 1 aliphatic carbocycles. The van der Waals surface area contributed by atoms with Gasteiger partial charge in [0.15, 0.2) is 0 Å². The summed E-state index contributed by atoms with van der Waals surface area (Å²) >= 11 is 1.69. The van der Waals surface area contributed by atoms with Crippen molar-refractivity contribution in [1.82, 2.24) is 5.32 Å². The van der Waals surface area contributed by atoms with E-state index >= 15 is 0 Å². The highest BCUT2D eigenvalue weighted by Crippen LogP contribution is 2.31. The molecular weight excluding hydrogens is 262 g/mol. The highest BCUT2D eigenvalue weighted by Gasteiger charge is 2.35. The second kappa shape index (κ2) is 6.03. The van der Waals surface area contributed by atoms with Crippen molar-refractivity contribution >= 4 is 17.3 Å². The van der Waals surface area contributed by atoms with E-state index in [0.717, 1.165) is 6.54 Å². The summed E-state index contributed by atoms with van der Waals surface area (Å²) in [7, 11) is 0. The van der Waals surface area contributed by atoms with Gasteiger partial charge in [0.1, 0.15) is 0 Å². The average Bonchev–Trinajstić information content (AvgIpc) is 2.75. The number of carboxylic acids is 1. The maximum absolute atomic E-state index is 10.9. The fraction of sp³-hybridized carbons (Fsp3) is 0.643. The molecule has 0 bridgehead atoms. The third-order valence-corrected chi connectivity index (χ3v) is 4.91. The molecule has 1 aromatic rings. The molecule has 0 spiro atoms. The number of aliphatic carboxylic acids is 1. The number of carbonyl (C=O) groups is 1. The molecule has 106 valence electrons. The Morgan fingerprint density at radius 2 is 2.16 bits per heavy atom. The van der Waals surface area contributed by atoms with E-state index in [0.29, 0.717) is 32.2 Å². The zero-order valence-corrected chi connectivity index (χ0v) is 12.0. The Kier molecular flexibility index (Phi) is 4.60. The average molecular weight is 283 g/mol. The first kappa shape index (κ1) is 14.5. The first-order valence-electron chi connectivity index (χ1n) is 6.68. The quantitative estimate of drug-likeness (QED) is 0.774. The van der Waals surface area contributed by atoms with Gasteiger partial charge in [0.25, 0.3) is 0 Å². The Morgan fingerprint density at radius 1 is 1.47 bits per heavy atom. The van der Waals surface area contributed by atoms with Crippen LogP contribution in [0, 0.1) is 12.8 Å².